The van der Waals surface area contributed by atoms with Gasteiger partial charge in [-0.15, -0.1) is 0 Å². The fourth-order valence-electron chi connectivity index (χ4n) is 1.80. The van der Waals surface area contributed by atoms with E-state index in [4.69, 9.17) is 28.8 Å². The first-order chi connectivity index (χ1) is 14.1. The topological polar surface area (TPSA) is 75.6 Å². The normalized spacial score (nSPS) is 13.2. The lowest BCUT2D eigenvalue weighted by atomic mass is 10.1. The monoisotopic (exact) mass is 460 g/mol. The molecule has 0 aromatic heterocycles. The number of aliphatic hydroxyl groups is 1. The lowest BCUT2D eigenvalue weighted by Gasteiger charge is -2.31. The van der Waals surface area contributed by atoms with E-state index >= 15 is 0 Å². The molecule has 182 valence electrons. The zero-order valence-electron chi connectivity index (χ0n) is 16.9. The van der Waals surface area contributed by atoms with Crippen molar-refractivity contribution in [2.75, 3.05) is 79.3 Å². The average molecular weight is 460 g/mol. The van der Waals surface area contributed by atoms with Crippen molar-refractivity contribution in [2.45, 2.75) is 31.3 Å². The molecule has 0 saturated heterocycles. The van der Waals surface area contributed by atoms with Crippen LogP contribution >= 0.6 is 0 Å². The molecule has 0 amide bonds. The first kappa shape index (κ1) is 29.3. The van der Waals surface area contributed by atoms with Gasteiger partial charge in [0.2, 0.25) is 0 Å². The molecule has 0 fully saturated rings. The van der Waals surface area contributed by atoms with E-state index in [-0.39, 0.29) is 39.6 Å². The molecule has 7 nitrogen and oxygen atoms in total. The number of hydrogen-bond donors (Lipinski definition) is 1. The highest BCUT2D eigenvalue weighted by Gasteiger charge is 2.71. The molecule has 0 aromatic rings. The summed E-state index contributed by atoms with van der Waals surface area (Å²) in [6.07, 6.45) is -6.77. The van der Waals surface area contributed by atoms with Crippen LogP contribution in [0.15, 0.2) is 0 Å². The third-order valence-electron chi connectivity index (χ3n) is 3.50. The van der Waals surface area contributed by atoms with Crippen LogP contribution in [0.4, 0.5) is 26.3 Å². The van der Waals surface area contributed by atoms with Crippen LogP contribution in [0.1, 0.15) is 13.3 Å². The van der Waals surface area contributed by atoms with Crippen molar-refractivity contribution >= 4 is 0 Å². The Bertz CT molecular complexity index is 416. The maximum atomic E-state index is 13.2. The maximum Gasteiger partial charge on any atom is 0.425 e. The highest BCUT2D eigenvalue weighted by Crippen LogP contribution is 2.47. The lowest BCUT2D eigenvalue weighted by Crippen LogP contribution is -2.55. The van der Waals surface area contributed by atoms with Crippen LogP contribution in [0.5, 0.6) is 0 Å². The molecule has 0 atom stereocenters. The molecule has 1 N–H and O–H groups in total. The third-order valence-corrected chi connectivity index (χ3v) is 3.50. The van der Waals surface area contributed by atoms with Gasteiger partial charge in [0.15, 0.2) is 0 Å². The van der Waals surface area contributed by atoms with E-state index in [0.717, 1.165) is 0 Å². The summed E-state index contributed by atoms with van der Waals surface area (Å²) >= 11 is 0. The molecule has 30 heavy (non-hydrogen) atoms. The zero-order chi connectivity index (χ0) is 22.9. The van der Waals surface area contributed by atoms with Crippen molar-refractivity contribution in [1.29, 1.82) is 0 Å². The van der Waals surface area contributed by atoms with Crippen LogP contribution in [-0.2, 0) is 28.4 Å². The van der Waals surface area contributed by atoms with E-state index in [2.05, 4.69) is 4.74 Å². The van der Waals surface area contributed by atoms with E-state index in [0.29, 0.717) is 33.4 Å². The summed E-state index contributed by atoms with van der Waals surface area (Å²) in [6.45, 7) is 1.42. The molecule has 0 unspecified atom stereocenters. The second-order valence-electron chi connectivity index (χ2n) is 5.78. The van der Waals surface area contributed by atoms with E-state index < -0.39 is 37.6 Å². The van der Waals surface area contributed by atoms with Crippen molar-refractivity contribution in [2.24, 2.45) is 0 Å². The van der Waals surface area contributed by atoms with E-state index in [9.17, 15) is 26.3 Å². The van der Waals surface area contributed by atoms with Crippen molar-refractivity contribution < 1.29 is 59.9 Å². The molecule has 0 bridgehead atoms. The minimum atomic E-state index is -5.63. The molecule has 0 aliphatic heterocycles. The van der Waals surface area contributed by atoms with Gasteiger partial charge in [-0.3, -0.25) is 0 Å². The predicted molar refractivity (Wildman–Crippen MR) is 92.3 cm³/mol. The average Bonchev–Trinajstić information content (AvgIpc) is 2.70. The van der Waals surface area contributed by atoms with Gasteiger partial charge < -0.3 is 33.5 Å². The van der Waals surface area contributed by atoms with Gasteiger partial charge in [-0.05, 0) is 0 Å². The van der Waals surface area contributed by atoms with Gasteiger partial charge in [0.1, 0.15) is 0 Å². The fourth-order valence-corrected chi connectivity index (χ4v) is 1.80. The van der Waals surface area contributed by atoms with Crippen LogP contribution in [0, 0.1) is 0 Å². The molecule has 0 aliphatic rings. The van der Waals surface area contributed by atoms with Gasteiger partial charge in [0.25, 0.3) is 0 Å². The fraction of sp³-hybridized carbons (Fsp3) is 1.00. The van der Waals surface area contributed by atoms with Crippen LogP contribution in [-0.4, -0.2) is 102 Å². The first-order valence-electron chi connectivity index (χ1n) is 9.39. The molecular formula is C17H30F6O7. The Morgan fingerprint density at radius 3 is 1.23 bits per heavy atom. The summed E-state index contributed by atoms with van der Waals surface area (Å²) in [7, 11) is 0. The minimum Gasteiger partial charge on any atom is -0.394 e. The van der Waals surface area contributed by atoms with Crippen LogP contribution < -0.4 is 0 Å². The highest BCUT2D eigenvalue weighted by atomic mass is 19.3. The Morgan fingerprint density at radius 1 is 0.567 bits per heavy atom. The van der Waals surface area contributed by atoms with Gasteiger partial charge in [0.05, 0.1) is 79.3 Å². The van der Waals surface area contributed by atoms with Crippen LogP contribution in [0.2, 0.25) is 0 Å². The molecule has 0 saturated carbocycles. The maximum absolute atomic E-state index is 13.2. The third kappa shape index (κ3) is 11.6. The van der Waals surface area contributed by atoms with Crippen molar-refractivity contribution in [3.8, 4) is 0 Å². The van der Waals surface area contributed by atoms with Crippen LogP contribution in [0.25, 0.3) is 0 Å². The summed E-state index contributed by atoms with van der Waals surface area (Å²) in [5, 5.41) is 8.48. The number of ether oxygens (including phenoxy) is 6. The predicted octanol–water partition coefficient (Wildman–Crippen LogP) is 2.35. The summed E-state index contributed by atoms with van der Waals surface area (Å²) in [6, 6.07) is 0. The summed E-state index contributed by atoms with van der Waals surface area (Å²) in [5.41, 5.74) is 0. The van der Waals surface area contributed by atoms with Crippen molar-refractivity contribution in [1.82, 2.24) is 0 Å². The van der Waals surface area contributed by atoms with Gasteiger partial charge >= 0.3 is 18.0 Å². The Kier molecular flexibility index (Phi) is 15.6. The molecule has 0 spiro atoms. The number of aliphatic hydroxyl groups excluding tert-OH is 1. The van der Waals surface area contributed by atoms with Gasteiger partial charge in [-0.2, -0.15) is 26.3 Å². The standard InChI is InChI=1S/C17H30F6O7/c1-2-15(18,19)16(20,21)17(22,23)30-14-13-29-12-11-28-10-9-27-8-7-26-6-5-25-4-3-24/h24H,2-14H2,1H3. The van der Waals surface area contributed by atoms with Gasteiger partial charge in [-0.1, -0.05) is 6.92 Å². The Morgan fingerprint density at radius 2 is 0.900 bits per heavy atom. The number of halogens is 6. The number of hydrogen-bond acceptors (Lipinski definition) is 7. The summed E-state index contributed by atoms with van der Waals surface area (Å²) in [4.78, 5) is 0. The molecule has 13 heteroatoms. The number of rotatable bonds is 21. The smallest absolute Gasteiger partial charge is 0.394 e. The molecule has 0 radical (unpaired) electrons. The van der Waals surface area contributed by atoms with E-state index in [1.165, 1.54) is 0 Å². The second kappa shape index (κ2) is 16.0. The lowest BCUT2D eigenvalue weighted by molar-refractivity contribution is -0.399. The zero-order valence-corrected chi connectivity index (χ0v) is 16.9. The van der Waals surface area contributed by atoms with Crippen LogP contribution in [0.3, 0.4) is 0 Å². The van der Waals surface area contributed by atoms with Gasteiger partial charge in [-0.25, -0.2) is 0 Å². The van der Waals surface area contributed by atoms with Gasteiger partial charge in [0, 0.05) is 6.42 Å². The summed E-state index contributed by atoms with van der Waals surface area (Å²) in [5.74, 6) is -10.5. The Hall–Kier alpha value is -0.700. The number of alkyl halides is 6. The first-order valence-corrected chi connectivity index (χ1v) is 9.39. The molecule has 0 aromatic carbocycles. The molecule has 0 aliphatic carbocycles. The highest BCUT2D eigenvalue weighted by molar-refractivity contribution is 4.90. The summed E-state index contributed by atoms with van der Waals surface area (Å²) < 4.78 is 108. The molecule has 0 heterocycles. The molecule has 0 rings (SSSR count). The minimum absolute atomic E-state index is 0.0343. The van der Waals surface area contributed by atoms with Crippen molar-refractivity contribution in [3.63, 3.8) is 0 Å². The Labute approximate surface area is 171 Å². The van der Waals surface area contributed by atoms with Crippen molar-refractivity contribution in [3.05, 3.63) is 0 Å². The second-order valence-corrected chi connectivity index (χ2v) is 5.78. The quantitative estimate of drug-likeness (QED) is 0.208. The largest absolute Gasteiger partial charge is 0.425 e. The Balaban J connectivity index is 3.54. The molecular weight excluding hydrogens is 430 g/mol. The van der Waals surface area contributed by atoms with E-state index in [1.54, 1.807) is 0 Å². The van der Waals surface area contributed by atoms with E-state index in [1.807, 2.05) is 0 Å². The SMILES string of the molecule is CCC(F)(F)C(F)(F)C(F)(F)OCCOCCOCCOCCOCCOCCO.